The van der Waals surface area contributed by atoms with E-state index in [9.17, 15) is 5.11 Å². The van der Waals surface area contributed by atoms with Gasteiger partial charge < -0.3 is 5.11 Å². The van der Waals surface area contributed by atoms with Crippen LogP contribution in [-0.2, 0) is 0 Å². The zero-order valence-electron chi connectivity index (χ0n) is 16.6. The molecule has 1 aliphatic carbocycles. The topological polar surface area (TPSA) is 20.2 Å². The summed E-state index contributed by atoms with van der Waals surface area (Å²) in [5.41, 5.74) is 6.10. The van der Waals surface area contributed by atoms with Gasteiger partial charge in [-0.05, 0) is 47.6 Å². The highest BCUT2D eigenvalue weighted by atomic mass is 16.3. The monoisotopic (exact) mass is 368 g/mol. The summed E-state index contributed by atoms with van der Waals surface area (Å²) >= 11 is 0. The minimum atomic E-state index is -0.796. The van der Waals surface area contributed by atoms with E-state index in [2.05, 4.69) is 79.7 Å². The Kier molecular flexibility index (Phi) is 5.45. The van der Waals surface area contributed by atoms with E-state index in [4.69, 9.17) is 0 Å². The maximum absolute atomic E-state index is 11.9. The fourth-order valence-corrected chi connectivity index (χ4v) is 4.42. The van der Waals surface area contributed by atoms with E-state index in [0.29, 0.717) is 0 Å². The van der Waals surface area contributed by atoms with Crippen molar-refractivity contribution < 1.29 is 5.11 Å². The van der Waals surface area contributed by atoms with Gasteiger partial charge in [0.25, 0.3) is 0 Å². The van der Waals surface area contributed by atoms with Gasteiger partial charge in [-0.1, -0.05) is 110 Å². The Morgan fingerprint density at radius 3 is 1.71 bits per heavy atom. The van der Waals surface area contributed by atoms with E-state index >= 15 is 0 Å². The molecule has 0 heterocycles. The maximum atomic E-state index is 11.9. The number of benzene rings is 3. The van der Waals surface area contributed by atoms with Crippen LogP contribution in [0.5, 0.6) is 0 Å². The molecule has 3 aromatic carbocycles. The molecule has 3 aromatic rings. The predicted molar refractivity (Wildman–Crippen MR) is 118 cm³/mol. The van der Waals surface area contributed by atoms with E-state index in [1.807, 2.05) is 12.1 Å². The van der Waals surface area contributed by atoms with Crippen molar-refractivity contribution in [1.29, 1.82) is 0 Å². The first-order valence-electron chi connectivity index (χ1n) is 10.3. The summed E-state index contributed by atoms with van der Waals surface area (Å²) in [4.78, 5) is 0. The van der Waals surface area contributed by atoms with Gasteiger partial charge in [0.15, 0.2) is 0 Å². The normalized spacial score (nSPS) is 17.1. The molecule has 0 unspecified atom stereocenters. The molecule has 0 aliphatic heterocycles. The molecule has 0 spiro atoms. The molecule has 142 valence electrons. The van der Waals surface area contributed by atoms with Crippen LogP contribution in [0, 0.1) is 6.92 Å². The lowest BCUT2D eigenvalue weighted by Gasteiger charge is -2.37. The van der Waals surface area contributed by atoms with E-state index in [0.717, 1.165) is 53.5 Å². The summed E-state index contributed by atoms with van der Waals surface area (Å²) in [7, 11) is 0. The largest absolute Gasteiger partial charge is 0.385 e. The highest BCUT2D eigenvalue weighted by Crippen LogP contribution is 2.45. The molecular formula is C27H28O. The zero-order chi connectivity index (χ0) is 19.4. The zero-order valence-corrected chi connectivity index (χ0v) is 16.6. The average molecular weight is 369 g/mol. The van der Waals surface area contributed by atoms with Crippen molar-refractivity contribution in [2.24, 2.45) is 0 Å². The molecule has 0 atom stereocenters. The van der Waals surface area contributed by atoms with Crippen LogP contribution in [0.2, 0.25) is 0 Å². The predicted octanol–water partition coefficient (Wildman–Crippen LogP) is 6.65. The maximum Gasteiger partial charge on any atom is 0.0908 e. The van der Waals surface area contributed by atoms with Crippen LogP contribution < -0.4 is 0 Å². The van der Waals surface area contributed by atoms with Gasteiger partial charge in [0.05, 0.1) is 5.60 Å². The number of hydrogen-bond acceptors (Lipinski definition) is 1. The molecule has 1 N–H and O–H groups in total. The minimum absolute atomic E-state index is 0.796. The molecule has 28 heavy (non-hydrogen) atoms. The molecule has 0 amide bonds. The van der Waals surface area contributed by atoms with E-state index in [-0.39, 0.29) is 0 Å². The summed E-state index contributed by atoms with van der Waals surface area (Å²) in [5, 5.41) is 11.9. The summed E-state index contributed by atoms with van der Waals surface area (Å²) < 4.78 is 0. The van der Waals surface area contributed by atoms with Crippen molar-refractivity contribution in [2.45, 2.75) is 44.6 Å². The molecule has 1 aliphatic rings. The van der Waals surface area contributed by atoms with Gasteiger partial charge in [-0.3, -0.25) is 0 Å². The molecular weight excluding hydrogens is 340 g/mol. The molecule has 0 bridgehead atoms. The van der Waals surface area contributed by atoms with Gasteiger partial charge in [-0.2, -0.15) is 0 Å². The Hall–Kier alpha value is -2.64. The number of rotatable bonds is 4. The van der Waals surface area contributed by atoms with Gasteiger partial charge >= 0.3 is 0 Å². The van der Waals surface area contributed by atoms with Crippen molar-refractivity contribution in [3.63, 3.8) is 0 Å². The summed E-state index contributed by atoms with van der Waals surface area (Å²) in [5.74, 6) is 0. The highest BCUT2D eigenvalue weighted by Gasteiger charge is 2.36. The lowest BCUT2D eigenvalue weighted by molar-refractivity contribution is 0.0618. The molecule has 1 nitrogen and oxygen atoms in total. The first-order valence-corrected chi connectivity index (χ1v) is 10.3. The summed E-state index contributed by atoms with van der Waals surface area (Å²) in [6, 6.07) is 29.7. The third-order valence-electron chi connectivity index (χ3n) is 5.86. The molecule has 1 heteroatoms. The molecule has 1 fully saturated rings. The average Bonchev–Trinajstić information content (AvgIpc) is 2.74. The quantitative estimate of drug-likeness (QED) is 0.511. The molecule has 1 saturated carbocycles. The third-order valence-corrected chi connectivity index (χ3v) is 5.86. The third kappa shape index (κ3) is 3.81. The van der Waals surface area contributed by atoms with Crippen molar-refractivity contribution in [3.05, 3.63) is 107 Å². The Morgan fingerprint density at radius 1 is 0.643 bits per heavy atom. The van der Waals surface area contributed by atoms with Gasteiger partial charge in [0, 0.05) is 0 Å². The lowest BCUT2D eigenvalue weighted by atomic mass is 9.73. The number of hydrogen-bond donors (Lipinski definition) is 1. The Balaban J connectivity index is 2.04. The van der Waals surface area contributed by atoms with Crippen molar-refractivity contribution in [1.82, 2.24) is 0 Å². The van der Waals surface area contributed by atoms with Crippen LogP contribution in [0.3, 0.4) is 0 Å². The van der Waals surface area contributed by atoms with E-state index < -0.39 is 5.60 Å². The fourth-order valence-electron chi connectivity index (χ4n) is 4.42. The van der Waals surface area contributed by atoms with Crippen molar-refractivity contribution >= 4 is 11.1 Å². The lowest BCUT2D eigenvalue weighted by Crippen LogP contribution is -2.33. The van der Waals surface area contributed by atoms with Gasteiger partial charge in [-0.15, -0.1) is 0 Å². The van der Waals surface area contributed by atoms with Crippen molar-refractivity contribution in [3.8, 4) is 0 Å². The van der Waals surface area contributed by atoms with Crippen LogP contribution in [0.25, 0.3) is 11.1 Å². The molecule has 0 radical (unpaired) electrons. The van der Waals surface area contributed by atoms with Gasteiger partial charge in [0.1, 0.15) is 0 Å². The molecule has 0 saturated heterocycles. The first-order chi connectivity index (χ1) is 13.7. The standard InChI is InChI=1S/C27H28O/c1-21-15-17-23(18-16-21)25(22-11-5-2-6-12-22)26(24-13-7-3-8-14-24)27(28)19-9-4-10-20-27/h2-3,5-8,11-18,28H,4,9-10,19-20H2,1H3/b26-25-. The van der Waals surface area contributed by atoms with E-state index in [1.165, 1.54) is 12.0 Å². The second-order valence-electron chi connectivity index (χ2n) is 7.94. The van der Waals surface area contributed by atoms with Crippen LogP contribution >= 0.6 is 0 Å². The highest BCUT2D eigenvalue weighted by molar-refractivity contribution is 6.01. The summed E-state index contributed by atoms with van der Waals surface area (Å²) in [6.07, 6.45) is 4.99. The SMILES string of the molecule is Cc1ccc(/C(=C(/c2ccccc2)C2(O)CCCCC2)c2ccccc2)cc1. The smallest absolute Gasteiger partial charge is 0.0908 e. The Labute approximate surface area is 168 Å². The Morgan fingerprint density at radius 2 is 1.14 bits per heavy atom. The van der Waals surface area contributed by atoms with Crippen LogP contribution in [-0.4, -0.2) is 10.7 Å². The van der Waals surface area contributed by atoms with Gasteiger partial charge in [-0.25, -0.2) is 0 Å². The van der Waals surface area contributed by atoms with E-state index in [1.54, 1.807) is 0 Å². The van der Waals surface area contributed by atoms with Crippen LogP contribution in [0.1, 0.15) is 54.4 Å². The number of aliphatic hydroxyl groups is 1. The number of aryl methyl sites for hydroxylation is 1. The first kappa shape index (κ1) is 18.7. The van der Waals surface area contributed by atoms with Crippen LogP contribution in [0.15, 0.2) is 84.9 Å². The van der Waals surface area contributed by atoms with Crippen LogP contribution in [0.4, 0.5) is 0 Å². The summed E-state index contributed by atoms with van der Waals surface area (Å²) in [6.45, 7) is 2.11. The van der Waals surface area contributed by atoms with Gasteiger partial charge in [0.2, 0.25) is 0 Å². The fraction of sp³-hybridized carbons (Fsp3) is 0.259. The Bertz CT molecular complexity index is 931. The second kappa shape index (κ2) is 8.16. The minimum Gasteiger partial charge on any atom is -0.385 e. The van der Waals surface area contributed by atoms with Crippen molar-refractivity contribution in [2.75, 3.05) is 0 Å². The molecule has 0 aromatic heterocycles. The molecule has 4 rings (SSSR count). The second-order valence-corrected chi connectivity index (χ2v) is 7.94.